The number of methoxy groups -OCH3 is 1. The summed E-state index contributed by atoms with van der Waals surface area (Å²) in [6.07, 6.45) is 0.654. The van der Waals surface area contributed by atoms with Gasteiger partial charge in [0.1, 0.15) is 16.5 Å². The normalized spacial score (nSPS) is 10.3. The second-order valence-corrected chi connectivity index (χ2v) is 7.04. The number of carbonyl (C=O) groups excluding carboxylic acids is 3. The molecular formula is C20H24N2O6S. The van der Waals surface area contributed by atoms with Crippen LogP contribution in [0, 0.1) is 6.92 Å². The highest BCUT2D eigenvalue weighted by molar-refractivity contribution is 7.18. The van der Waals surface area contributed by atoms with Gasteiger partial charge in [-0.2, -0.15) is 0 Å². The molecule has 0 aliphatic rings. The van der Waals surface area contributed by atoms with Crippen LogP contribution in [0.15, 0.2) is 24.3 Å². The topological polar surface area (TPSA) is 117 Å². The van der Waals surface area contributed by atoms with Crippen molar-refractivity contribution in [2.24, 2.45) is 5.73 Å². The van der Waals surface area contributed by atoms with Gasteiger partial charge in [0.25, 0.3) is 5.91 Å². The smallest absolute Gasteiger partial charge is 0.341 e. The van der Waals surface area contributed by atoms with Crippen LogP contribution in [-0.4, -0.2) is 38.1 Å². The lowest BCUT2D eigenvalue weighted by atomic mass is 10.1. The van der Waals surface area contributed by atoms with Gasteiger partial charge < -0.3 is 25.3 Å². The van der Waals surface area contributed by atoms with Gasteiger partial charge in [0, 0.05) is 6.42 Å². The number of amides is 2. The van der Waals surface area contributed by atoms with E-state index < -0.39 is 11.9 Å². The van der Waals surface area contributed by atoms with E-state index in [0.717, 1.165) is 17.1 Å². The number of nitrogens with two attached hydrogens (primary N) is 1. The summed E-state index contributed by atoms with van der Waals surface area (Å²) in [6, 6.07) is 7.14. The Kier molecular flexibility index (Phi) is 8.02. The van der Waals surface area contributed by atoms with Crippen molar-refractivity contribution in [2.75, 3.05) is 25.6 Å². The van der Waals surface area contributed by atoms with E-state index in [0.29, 0.717) is 24.3 Å². The number of thiophene rings is 1. The predicted molar refractivity (Wildman–Crippen MR) is 110 cm³/mol. The van der Waals surface area contributed by atoms with E-state index in [1.54, 1.807) is 45.2 Å². The molecule has 0 fully saturated rings. The summed E-state index contributed by atoms with van der Waals surface area (Å²) >= 11 is 0.966. The number of hydrogen-bond acceptors (Lipinski definition) is 7. The number of rotatable bonds is 10. The highest BCUT2D eigenvalue weighted by Crippen LogP contribution is 2.33. The number of primary amides is 1. The van der Waals surface area contributed by atoms with Crippen molar-refractivity contribution in [2.45, 2.75) is 26.7 Å². The summed E-state index contributed by atoms with van der Waals surface area (Å²) in [4.78, 5) is 36.3. The molecule has 156 valence electrons. The van der Waals surface area contributed by atoms with Crippen LogP contribution in [0.1, 0.15) is 45.4 Å². The Bertz CT molecular complexity index is 876. The van der Waals surface area contributed by atoms with Crippen molar-refractivity contribution in [3.05, 3.63) is 40.3 Å². The first-order valence-electron chi connectivity index (χ1n) is 9.04. The molecule has 0 bridgehead atoms. The van der Waals surface area contributed by atoms with Crippen LogP contribution in [0.3, 0.4) is 0 Å². The number of hydrogen-bond donors (Lipinski definition) is 2. The third-order valence-corrected chi connectivity index (χ3v) is 5.20. The molecule has 0 aliphatic carbocycles. The Morgan fingerprint density at radius 2 is 1.79 bits per heavy atom. The maximum Gasteiger partial charge on any atom is 0.341 e. The van der Waals surface area contributed by atoms with E-state index in [-0.39, 0.29) is 34.4 Å². The fraction of sp³-hybridized carbons (Fsp3) is 0.350. The SMILES string of the molecule is CCOC(=O)c1c(NC(=O)CCCOc2ccc(OC)cc2)sc(C(N)=O)c1C. The third-order valence-electron chi connectivity index (χ3n) is 3.98. The number of anilines is 1. The van der Waals surface area contributed by atoms with Crippen molar-refractivity contribution in [3.8, 4) is 11.5 Å². The molecule has 1 aromatic heterocycles. The number of ether oxygens (including phenoxy) is 3. The first-order chi connectivity index (χ1) is 13.9. The second-order valence-electron chi connectivity index (χ2n) is 6.02. The molecule has 2 amide bonds. The van der Waals surface area contributed by atoms with E-state index >= 15 is 0 Å². The lowest BCUT2D eigenvalue weighted by Crippen LogP contribution is -2.15. The van der Waals surface area contributed by atoms with Gasteiger partial charge in [0.15, 0.2) is 0 Å². The molecule has 29 heavy (non-hydrogen) atoms. The van der Waals surface area contributed by atoms with Crippen molar-refractivity contribution in [1.82, 2.24) is 0 Å². The molecule has 3 N–H and O–H groups in total. The minimum absolute atomic E-state index is 0.161. The van der Waals surface area contributed by atoms with E-state index in [9.17, 15) is 14.4 Å². The molecule has 0 saturated carbocycles. The van der Waals surface area contributed by atoms with Crippen LogP contribution in [0.4, 0.5) is 5.00 Å². The maximum atomic E-state index is 12.3. The number of nitrogens with one attached hydrogen (secondary N) is 1. The minimum Gasteiger partial charge on any atom is -0.497 e. The van der Waals surface area contributed by atoms with E-state index in [1.165, 1.54) is 0 Å². The Morgan fingerprint density at radius 1 is 1.14 bits per heavy atom. The molecule has 9 heteroatoms. The average molecular weight is 420 g/mol. The van der Waals surface area contributed by atoms with Crippen LogP contribution in [0.5, 0.6) is 11.5 Å². The monoisotopic (exact) mass is 420 g/mol. The van der Waals surface area contributed by atoms with Gasteiger partial charge in [-0.1, -0.05) is 0 Å². The molecular weight excluding hydrogens is 396 g/mol. The van der Waals surface area contributed by atoms with Crippen molar-refractivity contribution < 1.29 is 28.6 Å². The highest BCUT2D eigenvalue weighted by Gasteiger charge is 2.25. The number of benzene rings is 1. The zero-order chi connectivity index (χ0) is 21.4. The van der Waals surface area contributed by atoms with Crippen molar-refractivity contribution in [3.63, 3.8) is 0 Å². The first-order valence-corrected chi connectivity index (χ1v) is 9.86. The van der Waals surface area contributed by atoms with Gasteiger partial charge >= 0.3 is 5.97 Å². The van der Waals surface area contributed by atoms with Crippen LogP contribution >= 0.6 is 11.3 Å². The van der Waals surface area contributed by atoms with Gasteiger partial charge in [0.2, 0.25) is 5.91 Å². The molecule has 0 radical (unpaired) electrons. The highest BCUT2D eigenvalue weighted by atomic mass is 32.1. The van der Waals surface area contributed by atoms with Gasteiger partial charge in [-0.05, 0) is 50.1 Å². The number of carbonyl (C=O) groups is 3. The summed E-state index contributed by atoms with van der Waals surface area (Å²) in [6.45, 7) is 3.80. The molecule has 8 nitrogen and oxygen atoms in total. The summed E-state index contributed by atoms with van der Waals surface area (Å²) in [5.41, 5.74) is 5.92. The average Bonchev–Trinajstić information content (AvgIpc) is 3.02. The van der Waals surface area contributed by atoms with E-state index in [2.05, 4.69) is 5.32 Å². The lowest BCUT2D eigenvalue weighted by Gasteiger charge is -2.08. The second kappa shape index (κ2) is 10.5. The van der Waals surface area contributed by atoms with E-state index in [1.807, 2.05) is 0 Å². The van der Waals surface area contributed by atoms with Gasteiger partial charge in [-0.25, -0.2) is 4.79 Å². The Labute approximate surface area is 172 Å². The lowest BCUT2D eigenvalue weighted by molar-refractivity contribution is -0.116. The summed E-state index contributed by atoms with van der Waals surface area (Å²) < 4.78 is 15.7. The van der Waals surface area contributed by atoms with E-state index in [4.69, 9.17) is 19.9 Å². The summed E-state index contributed by atoms with van der Waals surface area (Å²) in [7, 11) is 1.59. The molecule has 0 saturated heterocycles. The van der Waals surface area contributed by atoms with Crippen LogP contribution in [-0.2, 0) is 9.53 Å². The Morgan fingerprint density at radius 3 is 2.38 bits per heavy atom. The summed E-state index contributed by atoms with van der Waals surface area (Å²) in [5, 5.41) is 2.94. The van der Waals surface area contributed by atoms with Crippen LogP contribution < -0.4 is 20.5 Å². The number of esters is 1. The van der Waals surface area contributed by atoms with Gasteiger partial charge in [-0.15, -0.1) is 11.3 Å². The Balaban J connectivity index is 1.94. The van der Waals surface area contributed by atoms with Crippen LogP contribution in [0.25, 0.3) is 0 Å². The third kappa shape index (κ3) is 5.95. The zero-order valence-corrected chi connectivity index (χ0v) is 17.4. The maximum absolute atomic E-state index is 12.3. The van der Waals surface area contributed by atoms with Crippen molar-refractivity contribution in [1.29, 1.82) is 0 Å². The Hall–Kier alpha value is -3.07. The molecule has 0 atom stereocenters. The quantitative estimate of drug-likeness (QED) is 0.450. The zero-order valence-electron chi connectivity index (χ0n) is 16.6. The standard InChI is InChI=1S/C20H24N2O6S/c1-4-27-20(25)16-12(2)17(18(21)24)29-19(16)22-15(23)6-5-11-28-14-9-7-13(26-3)8-10-14/h7-10H,4-6,11H2,1-3H3,(H2,21,24)(H,22,23). The van der Waals surface area contributed by atoms with Gasteiger partial charge in [-0.3, -0.25) is 9.59 Å². The predicted octanol–water partition coefficient (Wildman–Crippen LogP) is 3.14. The minimum atomic E-state index is -0.661. The molecule has 1 heterocycles. The van der Waals surface area contributed by atoms with Crippen LogP contribution in [0.2, 0.25) is 0 Å². The first kappa shape index (κ1) is 22.2. The van der Waals surface area contributed by atoms with Crippen molar-refractivity contribution >= 4 is 34.1 Å². The molecule has 0 spiro atoms. The van der Waals surface area contributed by atoms with Gasteiger partial charge in [0.05, 0.1) is 30.8 Å². The molecule has 0 unspecified atom stereocenters. The largest absolute Gasteiger partial charge is 0.497 e. The fourth-order valence-corrected chi connectivity index (χ4v) is 3.63. The summed E-state index contributed by atoms with van der Waals surface area (Å²) in [5.74, 6) is -0.157. The molecule has 2 aromatic rings. The molecule has 2 rings (SSSR count). The molecule has 0 aliphatic heterocycles. The fourth-order valence-electron chi connectivity index (χ4n) is 2.57. The molecule has 1 aromatic carbocycles.